The van der Waals surface area contributed by atoms with Gasteiger partial charge in [0.05, 0.1) is 5.69 Å². The first-order chi connectivity index (χ1) is 11.0. The Hall–Kier alpha value is -2.58. The van der Waals surface area contributed by atoms with E-state index in [4.69, 9.17) is 5.26 Å². The summed E-state index contributed by atoms with van der Waals surface area (Å²) < 4.78 is 0. The summed E-state index contributed by atoms with van der Waals surface area (Å²) in [6, 6.07) is 12.9. The average molecular weight is 323 g/mol. The molecule has 1 N–H and O–H groups in total. The van der Waals surface area contributed by atoms with Crippen molar-refractivity contribution in [2.45, 2.75) is 13.8 Å². The van der Waals surface area contributed by atoms with E-state index in [1.165, 1.54) is 11.8 Å². The minimum absolute atomic E-state index is 0.0754. The molecule has 0 unspecified atom stereocenters. The van der Waals surface area contributed by atoms with Crippen LogP contribution in [0.3, 0.4) is 0 Å². The molecular weight excluding hydrogens is 306 g/mol. The van der Waals surface area contributed by atoms with E-state index < -0.39 is 0 Å². The summed E-state index contributed by atoms with van der Waals surface area (Å²) in [5.74, 6) is -0.0754. The minimum atomic E-state index is -0.0754. The highest BCUT2D eigenvalue weighted by atomic mass is 32.2. The Morgan fingerprint density at radius 3 is 2.43 bits per heavy atom. The van der Waals surface area contributed by atoms with Crippen molar-refractivity contribution < 1.29 is 4.79 Å². The van der Waals surface area contributed by atoms with Gasteiger partial charge in [-0.3, -0.25) is 10.1 Å². The van der Waals surface area contributed by atoms with Gasteiger partial charge in [-0.1, -0.05) is 41.1 Å². The molecule has 0 saturated carbocycles. The number of carbonyl (C=O) groups excluding carboxylic acids is 1. The number of hydrogen-bond acceptors (Lipinski definition) is 4. The highest BCUT2D eigenvalue weighted by molar-refractivity contribution is 8.13. The number of rotatable bonds is 3. The third-order valence-corrected chi connectivity index (χ3v) is 3.79. The van der Waals surface area contributed by atoms with Crippen LogP contribution in [0.1, 0.15) is 27.0 Å². The molecule has 0 atom stereocenters. The number of amidine groups is 1. The van der Waals surface area contributed by atoms with E-state index >= 15 is 0 Å². The van der Waals surface area contributed by atoms with Crippen molar-refractivity contribution in [1.82, 2.24) is 5.32 Å². The number of thioether (sulfide) groups is 1. The number of ketones is 1. The maximum absolute atomic E-state index is 12.8. The SMILES string of the molecule is CSC(=Nc1ccccc1C(=O)c1cc(C)cc(C)c1)NC#N. The summed E-state index contributed by atoms with van der Waals surface area (Å²) >= 11 is 1.32. The van der Waals surface area contributed by atoms with Gasteiger partial charge >= 0.3 is 0 Å². The van der Waals surface area contributed by atoms with E-state index in [1.54, 1.807) is 12.1 Å². The van der Waals surface area contributed by atoms with Crippen LogP contribution in [0.2, 0.25) is 0 Å². The molecule has 0 radical (unpaired) electrons. The molecule has 0 saturated heterocycles. The summed E-state index contributed by atoms with van der Waals surface area (Å²) in [4.78, 5) is 17.2. The lowest BCUT2D eigenvalue weighted by Crippen LogP contribution is -2.13. The van der Waals surface area contributed by atoms with Crippen LogP contribution in [0.5, 0.6) is 0 Å². The highest BCUT2D eigenvalue weighted by Crippen LogP contribution is 2.24. The summed E-state index contributed by atoms with van der Waals surface area (Å²) in [5.41, 5.74) is 3.80. The Balaban J connectivity index is 2.48. The zero-order valence-corrected chi connectivity index (χ0v) is 14.1. The molecule has 0 amide bonds. The van der Waals surface area contributed by atoms with Crippen LogP contribution in [0, 0.1) is 25.3 Å². The number of hydrogen-bond donors (Lipinski definition) is 1. The number of nitrogens with zero attached hydrogens (tertiary/aromatic N) is 2. The van der Waals surface area contributed by atoms with Crippen LogP contribution in [0.25, 0.3) is 0 Å². The normalized spacial score (nSPS) is 11.0. The molecular formula is C18H17N3OS. The Labute approximate surface area is 140 Å². The van der Waals surface area contributed by atoms with E-state index in [-0.39, 0.29) is 5.78 Å². The molecule has 2 rings (SSSR count). The van der Waals surface area contributed by atoms with Gasteiger partial charge in [0.2, 0.25) is 0 Å². The molecule has 0 aliphatic heterocycles. The van der Waals surface area contributed by atoms with Crippen LogP contribution in [-0.4, -0.2) is 17.2 Å². The fraction of sp³-hybridized carbons (Fsp3) is 0.167. The second-order valence-corrected chi connectivity index (χ2v) is 5.88. The fourth-order valence-electron chi connectivity index (χ4n) is 2.31. The van der Waals surface area contributed by atoms with Gasteiger partial charge in [0, 0.05) is 11.1 Å². The summed E-state index contributed by atoms with van der Waals surface area (Å²) in [6.45, 7) is 3.94. The molecule has 23 heavy (non-hydrogen) atoms. The summed E-state index contributed by atoms with van der Waals surface area (Å²) in [7, 11) is 0. The van der Waals surface area contributed by atoms with Gasteiger partial charge in [-0.05, 0) is 44.4 Å². The van der Waals surface area contributed by atoms with Crippen molar-refractivity contribution >= 4 is 28.4 Å². The van der Waals surface area contributed by atoms with Gasteiger partial charge in [-0.2, -0.15) is 5.26 Å². The van der Waals surface area contributed by atoms with Crippen molar-refractivity contribution in [3.63, 3.8) is 0 Å². The van der Waals surface area contributed by atoms with Crippen LogP contribution >= 0.6 is 11.8 Å². The Morgan fingerprint density at radius 2 is 1.83 bits per heavy atom. The number of nitriles is 1. The quantitative estimate of drug-likeness (QED) is 0.305. The summed E-state index contributed by atoms with van der Waals surface area (Å²) in [6.07, 6.45) is 3.66. The zero-order valence-electron chi connectivity index (χ0n) is 13.3. The van der Waals surface area contributed by atoms with Crippen molar-refractivity contribution in [3.8, 4) is 6.19 Å². The molecule has 0 bridgehead atoms. The molecule has 0 aliphatic carbocycles. The molecule has 2 aromatic rings. The Morgan fingerprint density at radius 1 is 1.17 bits per heavy atom. The van der Waals surface area contributed by atoms with Crippen LogP contribution < -0.4 is 5.32 Å². The van der Waals surface area contributed by atoms with Crippen LogP contribution in [0.15, 0.2) is 47.5 Å². The molecule has 5 heteroatoms. The molecule has 0 fully saturated rings. The van der Waals surface area contributed by atoms with Gasteiger partial charge in [0.1, 0.15) is 0 Å². The number of nitrogens with one attached hydrogen (secondary N) is 1. The maximum atomic E-state index is 12.8. The third-order valence-electron chi connectivity index (χ3n) is 3.21. The molecule has 0 aromatic heterocycles. The van der Waals surface area contributed by atoms with Gasteiger partial charge < -0.3 is 0 Å². The smallest absolute Gasteiger partial charge is 0.195 e. The highest BCUT2D eigenvalue weighted by Gasteiger charge is 2.14. The predicted octanol–water partition coefficient (Wildman–Crippen LogP) is 3.96. The van der Waals surface area contributed by atoms with E-state index in [2.05, 4.69) is 10.3 Å². The van der Waals surface area contributed by atoms with Crippen LogP contribution in [0.4, 0.5) is 5.69 Å². The number of aryl methyl sites for hydroxylation is 2. The Bertz CT molecular complexity index is 786. The molecule has 4 nitrogen and oxygen atoms in total. The summed E-state index contributed by atoms with van der Waals surface area (Å²) in [5, 5.41) is 11.7. The van der Waals surface area contributed by atoms with E-state index in [9.17, 15) is 4.79 Å². The van der Waals surface area contributed by atoms with Gasteiger partial charge in [0.25, 0.3) is 0 Å². The lowest BCUT2D eigenvalue weighted by molar-refractivity contribution is 0.103. The van der Waals surface area contributed by atoms with Gasteiger partial charge in [-0.25, -0.2) is 4.99 Å². The van der Waals surface area contributed by atoms with Gasteiger partial charge in [0.15, 0.2) is 17.1 Å². The number of carbonyl (C=O) groups is 1. The largest absolute Gasteiger partial charge is 0.289 e. The van der Waals surface area contributed by atoms with Crippen molar-refractivity contribution in [1.29, 1.82) is 5.26 Å². The van der Waals surface area contributed by atoms with Crippen molar-refractivity contribution in [3.05, 3.63) is 64.7 Å². The molecule has 116 valence electrons. The molecule has 0 aliphatic rings. The topological polar surface area (TPSA) is 65.2 Å². The lowest BCUT2D eigenvalue weighted by atomic mass is 9.98. The Kier molecular flexibility index (Phi) is 5.56. The molecule has 0 heterocycles. The third kappa shape index (κ3) is 4.21. The monoisotopic (exact) mass is 323 g/mol. The second kappa shape index (κ2) is 7.61. The number of para-hydroxylation sites is 1. The molecule has 0 spiro atoms. The number of aliphatic imine (C=N–C) groups is 1. The van der Waals surface area contributed by atoms with E-state index in [1.807, 2.05) is 56.6 Å². The van der Waals surface area contributed by atoms with Crippen molar-refractivity contribution in [2.75, 3.05) is 6.26 Å². The lowest BCUT2D eigenvalue weighted by Gasteiger charge is -2.08. The standard InChI is InChI=1S/C18H17N3OS/c1-12-8-13(2)10-14(9-12)17(22)15-6-4-5-7-16(15)21-18(23-3)20-11-19/h4-10H,1-3H3,(H,20,21). The maximum Gasteiger partial charge on any atom is 0.195 e. The van der Waals surface area contributed by atoms with Crippen LogP contribution in [-0.2, 0) is 0 Å². The van der Waals surface area contributed by atoms with E-state index in [0.29, 0.717) is 22.0 Å². The molecule has 2 aromatic carbocycles. The van der Waals surface area contributed by atoms with Gasteiger partial charge in [-0.15, -0.1) is 0 Å². The second-order valence-electron chi connectivity index (χ2n) is 5.08. The number of benzene rings is 2. The van der Waals surface area contributed by atoms with Crippen molar-refractivity contribution in [2.24, 2.45) is 4.99 Å². The fourth-order valence-corrected chi connectivity index (χ4v) is 2.64. The van der Waals surface area contributed by atoms with E-state index in [0.717, 1.165) is 11.1 Å². The first kappa shape index (κ1) is 16.8. The average Bonchev–Trinajstić information content (AvgIpc) is 2.53. The first-order valence-corrected chi connectivity index (χ1v) is 8.27. The minimum Gasteiger partial charge on any atom is -0.289 e. The zero-order chi connectivity index (χ0) is 16.8. The predicted molar refractivity (Wildman–Crippen MR) is 95.1 cm³/mol. The first-order valence-electron chi connectivity index (χ1n) is 7.05.